The minimum Gasteiger partial charge on any atom is -0.491 e. The topological polar surface area (TPSA) is 126 Å². The number of fused-ring (bicyclic) bond motifs is 1. The Morgan fingerprint density at radius 1 is 1.09 bits per heavy atom. The maximum atomic E-state index is 13.3. The predicted molar refractivity (Wildman–Crippen MR) is 165 cm³/mol. The zero-order chi connectivity index (χ0) is 31.5. The van der Waals surface area contributed by atoms with Gasteiger partial charge in [-0.05, 0) is 60.9 Å². The summed E-state index contributed by atoms with van der Waals surface area (Å²) in [5.74, 6) is 0.117. The Balaban J connectivity index is 1.74. The first-order chi connectivity index (χ1) is 20.5. The molecule has 0 saturated carbocycles. The van der Waals surface area contributed by atoms with E-state index in [1.165, 1.54) is 4.90 Å². The van der Waals surface area contributed by atoms with Gasteiger partial charge in [0.25, 0.3) is 5.91 Å². The smallest absolute Gasteiger partial charge is 0.255 e. The van der Waals surface area contributed by atoms with Crippen molar-refractivity contribution in [1.29, 1.82) is 0 Å². The van der Waals surface area contributed by atoms with Crippen LogP contribution in [-0.4, -0.2) is 74.0 Å². The number of hydrogen-bond acceptors (Lipinski definition) is 6. The first kappa shape index (κ1) is 33.4. The number of rotatable bonds is 8. The molecule has 0 bridgehead atoms. The van der Waals surface area contributed by atoms with Gasteiger partial charge in [-0.25, -0.2) is 0 Å². The van der Waals surface area contributed by atoms with Crippen LogP contribution >= 0.6 is 0 Å². The van der Waals surface area contributed by atoms with E-state index in [9.17, 15) is 19.2 Å². The highest BCUT2D eigenvalue weighted by atomic mass is 16.5. The van der Waals surface area contributed by atoms with Crippen LogP contribution in [0.2, 0.25) is 0 Å². The van der Waals surface area contributed by atoms with Crippen LogP contribution in [0.4, 0.5) is 0 Å². The molecule has 43 heavy (non-hydrogen) atoms. The summed E-state index contributed by atoms with van der Waals surface area (Å²) in [6, 6.07) is 11.1. The molecule has 2 aromatic rings. The summed E-state index contributed by atoms with van der Waals surface area (Å²) in [5.41, 5.74) is 2.42. The molecule has 0 radical (unpaired) electrons. The van der Waals surface area contributed by atoms with Crippen LogP contribution in [0.25, 0.3) is 0 Å². The van der Waals surface area contributed by atoms with Crippen molar-refractivity contribution in [3.63, 3.8) is 0 Å². The molecular formula is C33H46N4O6. The molecule has 0 unspecified atom stereocenters. The third-order valence-corrected chi connectivity index (χ3v) is 7.35. The number of benzene rings is 2. The van der Waals surface area contributed by atoms with Crippen molar-refractivity contribution in [2.75, 3.05) is 33.4 Å². The van der Waals surface area contributed by atoms with Crippen LogP contribution in [0.1, 0.15) is 74.4 Å². The van der Waals surface area contributed by atoms with Gasteiger partial charge in [-0.1, -0.05) is 52.0 Å². The summed E-state index contributed by atoms with van der Waals surface area (Å²) in [7, 11) is 1.66. The molecule has 4 amide bonds. The molecule has 234 valence electrons. The summed E-state index contributed by atoms with van der Waals surface area (Å²) in [6.07, 6.45) is 0.458. The summed E-state index contributed by atoms with van der Waals surface area (Å²) in [5, 5.41) is 8.45. The number of carbonyl (C=O) groups is 4. The van der Waals surface area contributed by atoms with E-state index >= 15 is 0 Å². The molecule has 0 spiro atoms. The highest BCUT2D eigenvalue weighted by Gasteiger charge is 2.28. The number of likely N-dealkylation sites (N-methyl/N-ethyl adjacent to an activating group) is 1. The van der Waals surface area contributed by atoms with Crippen molar-refractivity contribution in [2.24, 2.45) is 5.92 Å². The molecule has 2 aromatic carbocycles. The third kappa shape index (κ3) is 10.0. The Morgan fingerprint density at radius 2 is 1.84 bits per heavy atom. The molecule has 0 fully saturated rings. The molecule has 1 heterocycles. The number of hydrogen-bond donors (Lipinski definition) is 3. The van der Waals surface area contributed by atoms with Crippen LogP contribution in [-0.2, 0) is 14.4 Å². The first-order valence-corrected chi connectivity index (χ1v) is 15.0. The van der Waals surface area contributed by atoms with Gasteiger partial charge in [-0.15, -0.1) is 0 Å². The SMILES string of the molecule is Cc1ccc(C(C)C)cc1OCCNC(=O)[C@@H]1CCC(=O)N[C@H](CC(C)C)C(=O)N(C)CCOc2ccccc2C(=O)N1. The average Bonchev–Trinajstić information content (AvgIpc) is 2.96. The largest absolute Gasteiger partial charge is 0.491 e. The van der Waals surface area contributed by atoms with Gasteiger partial charge in [0.1, 0.15) is 36.8 Å². The lowest BCUT2D eigenvalue weighted by Gasteiger charge is -2.26. The average molecular weight is 595 g/mol. The molecule has 10 nitrogen and oxygen atoms in total. The van der Waals surface area contributed by atoms with Gasteiger partial charge in [0.05, 0.1) is 18.7 Å². The van der Waals surface area contributed by atoms with Gasteiger partial charge in [0.2, 0.25) is 17.7 Å². The molecule has 10 heteroatoms. The summed E-state index contributed by atoms with van der Waals surface area (Å²) in [4.78, 5) is 54.2. The van der Waals surface area contributed by atoms with E-state index in [-0.39, 0.29) is 62.4 Å². The fraction of sp³-hybridized carbons (Fsp3) is 0.515. The first-order valence-electron chi connectivity index (χ1n) is 15.0. The van der Waals surface area contributed by atoms with E-state index < -0.39 is 23.9 Å². The zero-order valence-electron chi connectivity index (χ0n) is 26.2. The van der Waals surface area contributed by atoms with E-state index in [1.807, 2.05) is 32.9 Å². The van der Waals surface area contributed by atoms with E-state index in [4.69, 9.17) is 9.47 Å². The molecule has 0 aromatic heterocycles. The lowest BCUT2D eigenvalue weighted by atomic mass is 10.0. The van der Waals surface area contributed by atoms with Crippen molar-refractivity contribution in [3.8, 4) is 11.5 Å². The lowest BCUT2D eigenvalue weighted by Crippen LogP contribution is -2.50. The van der Waals surface area contributed by atoms with Gasteiger partial charge in [0.15, 0.2) is 0 Å². The number of ether oxygens (including phenoxy) is 2. The molecule has 0 saturated heterocycles. The minimum atomic E-state index is -0.996. The number of nitrogens with one attached hydrogen (secondary N) is 3. The number of para-hydroxylation sites is 1. The Morgan fingerprint density at radius 3 is 2.56 bits per heavy atom. The maximum Gasteiger partial charge on any atom is 0.255 e. The van der Waals surface area contributed by atoms with Gasteiger partial charge < -0.3 is 30.3 Å². The second kappa shape index (κ2) is 16.0. The molecule has 2 atom stereocenters. The Kier molecular flexibility index (Phi) is 12.4. The second-order valence-electron chi connectivity index (χ2n) is 11.7. The van der Waals surface area contributed by atoms with Gasteiger partial charge in [-0.2, -0.15) is 0 Å². The van der Waals surface area contributed by atoms with E-state index in [0.717, 1.165) is 16.9 Å². The molecule has 3 rings (SSSR count). The Hall–Kier alpha value is -4.08. The number of carbonyl (C=O) groups excluding carboxylic acids is 4. The van der Waals surface area contributed by atoms with Crippen LogP contribution in [0.15, 0.2) is 42.5 Å². The van der Waals surface area contributed by atoms with E-state index in [0.29, 0.717) is 18.1 Å². The molecule has 1 aliphatic heterocycles. The quantitative estimate of drug-likeness (QED) is 0.401. The Labute approximate surface area is 254 Å². The van der Waals surface area contributed by atoms with Crippen molar-refractivity contribution in [2.45, 2.75) is 71.9 Å². The minimum absolute atomic E-state index is 0.0429. The number of nitrogens with zero attached hydrogens (tertiary/aromatic N) is 1. The summed E-state index contributed by atoms with van der Waals surface area (Å²) < 4.78 is 11.8. The highest BCUT2D eigenvalue weighted by molar-refractivity contribution is 5.99. The normalized spacial score (nSPS) is 18.6. The Bertz CT molecular complexity index is 1280. The summed E-state index contributed by atoms with van der Waals surface area (Å²) >= 11 is 0. The van der Waals surface area contributed by atoms with Crippen molar-refractivity contribution >= 4 is 23.6 Å². The predicted octanol–water partition coefficient (Wildman–Crippen LogP) is 3.57. The van der Waals surface area contributed by atoms with Crippen molar-refractivity contribution < 1.29 is 28.7 Å². The van der Waals surface area contributed by atoms with Gasteiger partial charge >= 0.3 is 0 Å². The van der Waals surface area contributed by atoms with E-state index in [2.05, 4.69) is 35.9 Å². The van der Waals surface area contributed by atoms with Gasteiger partial charge in [0, 0.05) is 13.5 Å². The van der Waals surface area contributed by atoms with Crippen molar-refractivity contribution in [3.05, 3.63) is 59.2 Å². The molecular weight excluding hydrogens is 548 g/mol. The van der Waals surface area contributed by atoms with Crippen molar-refractivity contribution in [1.82, 2.24) is 20.9 Å². The van der Waals surface area contributed by atoms with Crippen LogP contribution in [0.3, 0.4) is 0 Å². The van der Waals surface area contributed by atoms with Crippen LogP contribution < -0.4 is 25.4 Å². The summed E-state index contributed by atoms with van der Waals surface area (Å²) in [6.45, 7) is 11.0. The maximum absolute atomic E-state index is 13.3. The highest BCUT2D eigenvalue weighted by Crippen LogP contribution is 2.24. The number of amides is 4. The number of aryl methyl sites for hydroxylation is 1. The van der Waals surface area contributed by atoms with Gasteiger partial charge in [-0.3, -0.25) is 19.2 Å². The fourth-order valence-corrected chi connectivity index (χ4v) is 4.78. The standard InChI is InChI=1S/C33H46N4O6/c1-21(2)19-27-33(41)37(6)16-18-43-28-10-8-7-9-25(28)31(39)36-26(13-14-30(38)35-27)32(40)34-15-17-42-29-20-24(22(3)4)12-11-23(29)5/h7-12,20-22,26-27H,13-19H2,1-6H3,(H,34,40)(H,35,38)(H,36,39)/t26-,27+/m0/s1. The molecule has 3 N–H and O–H groups in total. The third-order valence-electron chi connectivity index (χ3n) is 7.35. The zero-order valence-corrected chi connectivity index (χ0v) is 26.2. The lowest BCUT2D eigenvalue weighted by molar-refractivity contribution is -0.136. The molecule has 1 aliphatic rings. The second-order valence-corrected chi connectivity index (χ2v) is 11.7. The van der Waals surface area contributed by atoms with E-state index in [1.54, 1.807) is 31.3 Å². The fourth-order valence-electron chi connectivity index (χ4n) is 4.78. The van der Waals surface area contributed by atoms with Crippen LogP contribution in [0.5, 0.6) is 11.5 Å². The molecule has 0 aliphatic carbocycles. The monoisotopic (exact) mass is 594 g/mol. The van der Waals surface area contributed by atoms with Crippen LogP contribution in [0, 0.1) is 12.8 Å².